The molecule has 2 aromatic heterocycles. The molecule has 4 nitrogen and oxygen atoms in total. The summed E-state index contributed by atoms with van der Waals surface area (Å²) in [5.41, 5.74) is 7.79. The van der Waals surface area contributed by atoms with Crippen LogP contribution in [0.3, 0.4) is 0 Å². The number of fused-ring (bicyclic) bond motifs is 1. The minimum absolute atomic E-state index is 0.285. The third-order valence-electron chi connectivity index (χ3n) is 3.32. The molecule has 7 heteroatoms. The van der Waals surface area contributed by atoms with Crippen LogP contribution < -0.4 is 11.1 Å². The zero-order chi connectivity index (χ0) is 13.6. The van der Waals surface area contributed by atoms with Crippen molar-refractivity contribution in [1.29, 1.82) is 0 Å². The van der Waals surface area contributed by atoms with Gasteiger partial charge in [0, 0.05) is 23.1 Å². The van der Waals surface area contributed by atoms with Gasteiger partial charge in [-0.1, -0.05) is 11.6 Å². The lowest BCUT2D eigenvalue weighted by Gasteiger charge is -2.38. The first-order chi connectivity index (χ1) is 8.99. The number of thiophene rings is 1. The second kappa shape index (κ2) is 4.79. The molecule has 0 amide bonds. The van der Waals surface area contributed by atoms with Crippen molar-refractivity contribution >= 4 is 38.9 Å². The Kier molecular flexibility index (Phi) is 3.39. The van der Waals surface area contributed by atoms with E-state index in [-0.39, 0.29) is 11.7 Å². The first kappa shape index (κ1) is 13.5. The van der Waals surface area contributed by atoms with Gasteiger partial charge in [-0.3, -0.25) is 5.32 Å². The third kappa shape index (κ3) is 2.32. The first-order valence-corrected chi connectivity index (χ1v) is 7.76. The van der Waals surface area contributed by atoms with Crippen LogP contribution in [0.4, 0.5) is 0 Å². The number of nitrogens with two attached hydrogens (primary N) is 1. The maximum Gasteiger partial charge on any atom is 0.115 e. The van der Waals surface area contributed by atoms with Crippen molar-refractivity contribution in [3.8, 4) is 0 Å². The predicted molar refractivity (Wildman–Crippen MR) is 80.2 cm³/mol. The zero-order valence-electron chi connectivity index (χ0n) is 10.2. The molecule has 2 atom stereocenters. The van der Waals surface area contributed by atoms with Crippen LogP contribution in [-0.2, 0) is 12.0 Å². The van der Waals surface area contributed by atoms with Crippen molar-refractivity contribution in [3.63, 3.8) is 0 Å². The van der Waals surface area contributed by atoms with E-state index in [0.717, 1.165) is 31.4 Å². The third-order valence-corrected chi connectivity index (χ3v) is 5.63. The molecule has 0 aromatic carbocycles. The molecule has 0 fully saturated rings. The fourth-order valence-electron chi connectivity index (χ4n) is 2.44. The number of rotatable bonds is 1. The Morgan fingerprint density at radius 2 is 2.42 bits per heavy atom. The van der Waals surface area contributed by atoms with E-state index in [1.165, 1.54) is 0 Å². The van der Waals surface area contributed by atoms with Crippen LogP contribution >= 0.6 is 38.9 Å². The van der Waals surface area contributed by atoms with Crippen molar-refractivity contribution in [1.82, 2.24) is 15.3 Å². The van der Waals surface area contributed by atoms with Gasteiger partial charge >= 0.3 is 0 Å². The first-order valence-electron chi connectivity index (χ1n) is 5.77. The van der Waals surface area contributed by atoms with Gasteiger partial charge in [0.05, 0.1) is 26.2 Å². The second-order valence-electron chi connectivity index (χ2n) is 4.78. The van der Waals surface area contributed by atoms with Gasteiger partial charge in [0.1, 0.15) is 6.33 Å². The van der Waals surface area contributed by atoms with Crippen LogP contribution in [0.15, 0.2) is 22.4 Å². The molecule has 0 spiro atoms. The molecule has 19 heavy (non-hydrogen) atoms. The Morgan fingerprint density at radius 3 is 3.11 bits per heavy atom. The van der Waals surface area contributed by atoms with Gasteiger partial charge in [-0.15, -0.1) is 11.3 Å². The number of nitrogens with zero attached hydrogens (tertiary/aromatic N) is 2. The van der Waals surface area contributed by atoms with Crippen LogP contribution in [0.1, 0.15) is 29.2 Å². The van der Waals surface area contributed by atoms with Crippen LogP contribution in [0.2, 0.25) is 5.02 Å². The number of halogens is 2. The van der Waals surface area contributed by atoms with Crippen LogP contribution in [0, 0.1) is 0 Å². The van der Waals surface area contributed by atoms with Gasteiger partial charge in [-0.2, -0.15) is 0 Å². The zero-order valence-corrected chi connectivity index (χ0v) is 13.3. The molecule has 3 rings (SSSR count). The van der Waals surface area contributed by atoms with Gasteiger partial charge < -0.3 is 5.73 Å². The van der Waals surface area contributed by atoms with Crippen molar-refractivity contribution in [2.45, 2.75) is 25.0 Å². The van der Waals surface area contributed by atoms with E-state index in [1.807, 2.05) is 6.07 Å². The normalized spacial score (nSPS) is 26.2. The van der Waals surface area contributed by atoms with Crippen LogP contribution in [0.5, 0.6) is 0 Å². The van der Waals surface area contributed by atoms with Crippen LogP contribution in [0.25, 0.3) is 0 Å². The van der Waals surface area contributed by atoms with E-state index in [1.54, 1.807) is 23.9 Å². The fourth-order valence-corrected chi connectivity index (χ4v) is 4.67. The SMILES string of the molecule is C[C@@]1(c2sc(Br)cc2Cl)Cc2ncncc2C(N)N1. The van der Waals surface area contributed by atoms with E-state index in [4.69, 9.17) is 17.3 Å². The lowest BCUT2D eigenvalue weighted by atomic mass is 9.87. The van der Waals surface area contributed by atoms with E-state index in [9.17, 15) is 0 Å². The van der Waals surface area contributed by atoms with E-state index >= 15 is 0 Å². The number of aromatic nitrogens is 2. The standard InChI is InChI=1S/C12H12BrClN4S/c1-12(10-7(14)2-9(13)19-10)3-8-6(11(15)18-12)4-16-5-17-8/h2,4-5,11,18H,3,15H2,1H3/t11?,12-/m0/s1. The molecule has 1 unspecified atom stereocenters. The lowest BCUT2D eigenvalue weighted by molar-refractivity contribution is 0.294. The van der Waals surface area contributed by atoms with Gasteiger partial charge in [0.2, 0.25) is 0 Å². The molecule has 3 heterocycles. The summed E-state index contributed by atoms with van der Waals surface area (Å²) >= 11 is 11.4. The van der Waals surface area contributed by atoms with Gasteiger partial charge in [-0.05, 0) is 28.9 Å². The molecular weight excluding hydrogens is 348 g/mol. The number of hydrogen-bond donors (Lipinski definition) is 2. The molecule has 3 N–H and O–H groups in total. The summed E-state index contributed by atoms with van der Waals surface area (Å²) in [6.45, 7) is 2.10. The lowest BCUT2D eigenvalue weighted by Crippen LogP contribution is -2.50. The van der Waals surface area contributed by atoms with Crippen LogP contribution in [-0.4, -0.2) is 9.97 Å². The maximum atomic E-state index is 6.31. The molecule has 0 saturated heterocycles. The van der Waals surface area contributed by atoms with E-state index < -0.39 is 0 Å². The topological polar surface area (TPSA) is 63.8 Å². The molecular formula is C12H12BrClN4S. The number of nitrogens with one attached hydrogen (secondary N) is 1. The average molecular weight is 360 g/mol. The highest BCUT2D eigenvalue weighted by molar-refractivity contribution is 9.11. The Morgan fingerprint density at radius 1 is 1.63 bits per heavy atom. The highest BCUT2D eigenvalue weighted by Gasteiger charge is 2.38. The highest BCUT2D eigenvalue weighted by atomic mass is 79.9. The second-order valence-corrected chi connectivity index (χ2v) is 7.62. The fraction of sp³-hybridized carbons (Fsp3) is 0.333. The highest BCUT2D eigenvalue weighted by Crippen LogP contribution is 2.42. The minimum atomic E-state index is -0.311. The Bertz CT molecular complexity index is 632. The summed E-state index contributed by atoms with van der Waals surface area (Å²) in [4.78, 5) is 9.44. The largest absolute Gasteiger partial charge is 0.312 e. The molecule has 0 bridgehead atoms. The van der Waals surface area contributed by atoms with E-state index in [0.29, 0.717) is 0 Å². The monoisotopic (exact) mass is 358 g/mol. The average Bonchev–Trinajstić information content (AvgIpc) is 2.69. The van der Waals surface area contributed by atoms with Gasteiger partial charge in [0.25, 0.3) is 0 Å². The molecule has 2 aromatic rings. The van der Waals surface area contributed by atoms with Crippen molar-refractivity contribution < 1.29 is 0 Å². The summed E-state index contributed by atoms with van der Waals surface area (Å²) in [5, 5.41) is 4.17. The smallest absolute Gasteiger partial charge is 0.115 e. The Hall–Kier alpha value is -0.530. The molecule has 1 aliphatic heterocycles. The summed E-state index contributed by atoms with van der Waals surface area (Å²) in [7, 11) is 0. The molecule has 0 radical (unpaired) electrons. The summed E-state index contributed by atoms with van der Waals surface area (Å²) in [5.74, 6) is 0. The summed E-state index contributed by atoms with van der Waals surface area (Å²) in [6, 6.07) is 1.91. The van der Waals surface area contributed by atoms with Gasteiger partial charge in [0.15, 0.2) is 0 Å². The summed E-state index contributed by atoms with van der Waals surface area (Å²) in [6.07, 6.45) is 3.78. The molecule has 1 aliphatic rings. The van der Waals surface area contributed by atoms with Crippen molar-refractivity contribution in [2.75, 3.05) is 0 Å². The summed E-state index contributed by atoms with van der Waals surface area (Å²) < 4.78 is 1.01. The van der Waals surface area contributed by atoms with E-state index in [2.05, 4.69) is 38.1 Å². The Balaban J connectivity index is 2.06. The number of hydrogen-bond acceptors (Lipinski definition) is 5. The molecule has 100 valence electrons. The van der Waals surface area contributed by atoms with Crippen molar-refractivity contribution in [3.05, 3.63) is 43.5 Å². The maximum absolute atomic E-state index is 6.31. The predicted octanol–water partition coefficient (Wildman–Crippen LogP) is 2.97. The Labute approximate surface area is 128 Å². The molecule has 0 saturated carbocycles. The molecule has 0 aliphatic carbocycles. The quantitative estimate of drug-likeness (QED) is 0.821. The van der Waals surface area contributed by atoms with Gasteiger partial charge in [-0.25, -0.2) is 9.97 Å². The minimum Gasteiger partial charge on any atom is -0.312 e. The van der Waals surface area contributed by atoms with Crippen molar-refractivity contribution in [2.24, 2.45) is 5.73 Å².